The number of fused-ring (bicyclic) bond motifs is 2. The van der Waals surface area contributed by atoms with E-state index in [-0.39, 0.29) is 36.9 Å². The molecular weight excluding hydrogens is 358 g/mol. The third-order valence-electron chi connectivity index (χ3n) is 6.04. The van der Waals surface area contributed by atoms with Crippen molar-refractivity contribution in [2.75, 3.05) is 13.7 Å². The topological polar surface area (TPSA) is 76.1 Å². The molecule has 0 amide bonds. The van der Waals surface area contributed by atoms with E-state index in [0.717, 1.165) is 12.0 Å². The molecule has 6 heteroatoms. The summed E-state index contributed by atoms with van der Waals surface area (Å²) in [6, 6.07) is 9.44. The fraction of sp³-hybridized carbons (Fsp3) is 0.545. The van der Waals surface area contributed by atoms with E-state index in [1.54, 1.807) is 13.0 Å². The molecule has 28 heavy (non-hydrogen) atoms. The van der Waals surface area contributed by atoms with Crippen molar-refractivity contribution in [1.29, 1.82) is 0 Å². The highest BCUT2D eigenvalue weighted by atomic mass is 16.6. The summed E-state index contributed by atoms with van der Waals surface area (Å²) in [5, 5.41) is 9.68. The van der Waals surface area contributed by atoms with Crippen LogP contribution in [0.2, 0.25) is 0 Å². The molecule has 6 nitrogen and oxygen atoms in total. The average Bonchev–Trinajstić information content (AvgIpc) is 2.86. The van der Waals surface area contributed by atoms with Crippen LogP contribution in [0, 0.1) is 0 Å². The summed E-state index contributed by atoms with van der Waals surface area (Å²) >= 11 is 0. The number of allylic oxidation sites excluding steroid dienone is 1. The van der Waals surface area contributed by atoms with Crippen LogP contribution < -0.4 is 0 Å². The Morgan fingerprint density at radius 3 is 2.57 bits per heavy atom. The van der Waals surface area contributed by atoms with Gasteiger partial charge in [-0.1, -0.05) is 36.4 Å². The molecule has 0 aliphatic carbocycles. The van der Waals surface area contributed by atoms with Gasteiger partial charge < -0.3 is 14.6 Å². The van der Waals surface area contributed by atoms with E-state index in [2.05, 4.69) is 4.90 Å². The molecule has 1 N–H and O–H groups in total. The van der Waals surface area contributed by atoms with E-state index in [0.29, 0.717) is 18.4 Å². The van der Waals surface area contributed by atoms with Gasteiger partial charge >= 0.3 is 11.9 Å². The molecule has 2 fully saturated rings. The molecule has 3 rings (SSSR count). The van der Waals surface area contributed by atoms with Crippen LogP contribution in [-0.2, 0) is 19.1 Å². The average molecular weight is 387 g/mol. The highest BCUT2D eigenvalue weighted by Gasteiger charge is 2.48. The number of nitrogens with zero attached hydrogens (tertiary/aromatic N) is 1. The number of carbonyl (C=O) groups excluding carboxylic acids is 2. The number of benzene rings is 1. The van der Waals surface area contributed by atoms with Gasteiger partial charge in [-0.05, 0) is 26.5 Å². The second-order valence-electron chi connectivity index (χ2n) is 7.71. The van der Waals surface area contributed by atoms with Gasteiger partial charge in [0.25, 0.3) is 0 Å². The van der Waals surface area contributed by atoms with Crippen LogP contribution in [-0.4, -0.2) is 59.9 Å². The zero-order chi connectivity index (χ0) is 20.3. The van der Waals surface area contributed by atoms with Crippen LogP contribution in [0.25, 0.3) is 0 Å². The van der Waals surface area contributed by atoms with E-state index in [9.17, 15) is 14.7 Å². The summed E-state index contributed by atoms with van der Waals surface area (Å²) in [4.78, 5) is 27.0. The summed E-state index contributed by atoms with van der Waals surface area (Å²) in [5.74, 6) is -1.36. The number of hydrogen-bond donors (Lipinski definition) is 1. The number of hydrogen-bond acceptors (Lipinski definition) is 6. The number of aliphatic hydroxyl groups is 1. The fourth-order valence-electron chi connectivity index (χ4n) is 4.19. The lowest BCUT2D eigenvalue weighted by Crippen LogP contribution is -2.46. The van der Waals surface area contributed by atoms with Crippen LogP contribution >= 0.6 is 0 Å². The second kappa shape index (κ2) is 8.88. The van der Waals surface area contributed by atoms with Crippen LogP contribution in [0.5, 0.6) is 0 Å². The van der Waals surface area contributed by atoms with Crippen molar-refractivity contribution in [2.24, 2.45) is 0 Å². The van der Waals surface area contributed by atoms with Crippen molar-refractivity contribution in [3.8, 4) is 0 Å². The molecule has 0 aromatic heterocycles. The minimum Gasteiger partial charge on any atom is -0.462 e. The summed E-state index contributed by atoms with van der Waals surface area (Å²) in [7, 11) is 2.03. The van der Waals surface area contributed by atoms with Crippen LogP contribution in [0.1, 0.15) is 44.6 Å². The zero-order valence-corrected chi connectivity index (χ0v) is 16.7. The van der Waals surface area contributed by atoms with Gasteiger partial charge in [0.05, 0.1) is 12.6 Å². The Morgan fingerprint density at radius 1 is 1.21 bits per heavy atom. The Hall–Kier alpha value is -2.18. The summed E-state index contributed by atoms with van der Waals surface area (Å²) < 4.78 is 11.5. The largest absolute Gasteiger partial charge is 0.462 e. The van der Waals surface area contributed by atoms with Gasteiger partial charge in [0.1, 0.15) is 18.1 Å². The van der Waals surface area contributed by atoms with Crippen molar-refractivity contribution in [3.05, 3.63) is 47.5 Å². The molecule has 0 saturated carbocycles. The zero-order valence-electron chi connectivity index (χ0n) is 16.7. The predicted molar refractivity (Wildman–Crippen MR) is 105 cm³/mol. The third kappa shape index (κ3) is 4.28. The molecule has 0 radical (unpaired) electrons. The van der Waals surface area contributed by atoms with Gasteiger partial charge in [0.15, 0.2) is 0 Å². The van der Waals surface area contributed by atoms with Gasteiger partial charge in [-0.3, -0.25) is 9.69 Å². The number of carbonyl (C=O) groups is 2. The van der Waals surface area contributed by atoms with E-state index < -0.39 is 11.9 Å². The number of esters is 2. The fourth-order valence-corrected chi connectivity index (χ4v) is 4.19. The number of rotatable bonds is 6. The Balaban J connectivity index is 1.63. The standard InChI is InChI=1S/C22H29NO5/c1-4-14(2)21(25)28-20-11-16-10-17(12-19(20)23(16)3)27-22(26)18(13-24)15-8-6-5-7-9-15/h4-9,16-20,24H,10-13H2,1-3H3/b14-4+/t16-,17?,18?,19+,20?/m0/s1. The van der Waals surface area contributed by atoms with Crippen molar-refractivity contribution >= 4 is 11.9 Å². The maximum atomic E-state index is 12.7. The van der Waals surface area contributed by atoms with Gasteiger partial charge in [-0.25, -0.2) is 4.79 Å². The maximum absolute atomic E-state index is 12.7. The molecule has 2 saturated heterocycles. The number of ether oxygens (including phenoxy) is 2. The van der Waals surface area contributed by atoms with E-state index in [1.807, 2.05) is 44.3 Å². The Morgan fingerprint density at radius 2 is 1.93 bits per heavy atom. The molecule has 2 heterocycles. The van der Waals surface area contributed by atoms with Crippen LogP contribution in [0.3, 0.4) is 0 Å². The summed E-state index contributed by atoms with van der Waals surface area (Å²) in [5.41, 5.74) is 1.35. The van der Waals surface area contributed by atoms with Crippen LogP contribution in [0.4, 0.5) is 0 Å². The lowest BCUT2D eigenvalue weighted by atomic mass is 9.98. The van der Waals surface area contributed by atoms with Crippen molar-refractivity contribution in [3.63, 3.8) is 0 Å². The maximum Gasteiger partial charge on any atom is 0.333 e. The first-order chi connectivity index (χ1) is 13.4. The lowest BCUT2D eigenvalue weighted by molar-refractivity contribution is -0.157. The molecule has 2 aliphatic rings. The van der Waals surface area contributed by atoms with Gasteiger partial charge in [0, 0.05) is 30.9 Å². The smallest absolute Gasteiger partial charge is 0.333 e. The molecule has 152 valence electrons. The van der Waals surface area contributed by atoms with Crippen molar-refractivity contribution < 1.29 is 24.2 Å². The predicted octanol–water partition coefficient (Wildman–Crippen LogP) is 2.42. The molecule has 1 aromatic carbocycles. The highest BCUT2D eigenvalue weighted by molar-refractivity contribution is 5.87. The third-order valence-corrected chi connectivity index (χ3v) is 6.04. The Bertz CT molecular complexity index is 732. The minimum absolute atomic E-state index is 0.0365. The molecule has 2 bridgehead atoms. The quantitative estimate of drug-likeness (QED) is 0.597. The molecule has 5 atom stereocenters. The number of piperidine rings is 1. The monoisotopic (exact) mass is 387 g/mol. The number of likely N-dealkylation sites (N-methyl/N-ethyl adjacent to an activating group) is 1. The first-order valence-corrected chi connectivity index (χ1v) is 9.86. The summed E-state index contributed by atoms with van der Waals surface area (Å²) in [6.07, 6.45) is 3.41. The molecule has 0 spiro atoms. The van der Waals surface area contributed by atoms with Crippen molar-refractivity contribution in [2.45, 2.75) is 63.3 Å². The molecule has 3 unspecified atom stereocenters. The van der Waals surface area contributed by atoms with Gasteiger partial charge in [0.2, 0.25) is 0 Å². The lowest BCUT2D eigenvalue weighted by Gasteiger charge is -2.36. The Kier molecular flexibility index (Phi) is 6.52. The first-order valence-electron chi connectivity index (χ1n) is 9.86. The van der Waals surface area contributed by atoms with Crippen molar-refractivity contribution in [1.82, 2.24) is 4.90 Å². The van der Waals surface area contributed by atoms with E-state index in [4.69, 9.17) is 9.47 Å². The second-order valence-corrected chi connectivity index (χ2v) is 7.71. The van der Waals surface area contributed by atoms with Gasteiger partial charge in [-0.2, -0.15) is 0 Å². The van der Waals surface area contributed by atoms with E-state index in [1.165, 1.54) is 0 Å². The first kappa shape index (κ1) is 20.6. The molecule has 2 aliphatic heterocycles. The van der Waals surface area contributed by atoms with Crippen LogP contribution in [0.15, 0.2) is 42.0 Å². The number of aliphatic hydroxyl groups excluding tert-OH is 1. The highest BCUT2D eigenvalue weighted by Crippen LogP contribution is 2.38. The van der Waals surface area contributed by atoms with E-state index >= 15 is 0 Å². The SMILES string of the molecule is C/C=C(\C)C(=O)OC1C[C@@H]2CC(OC(=O)C(CO)c3ccccc3)C[C@H]1N2C. The summed E-state index contributed by atoms with van der Waals surface area (Å²) in [6.45, 7) is 3.27. The normalized spacial score (nSPS) is 28.6. The minimum atomic E-state index is -0.676. The van der Waals surface area contributed by atoms with Gasteiger partial charge in [-0.15, -0.1) is 0 Å². The molecular formula is C22H29NO5. The Labute approximate surface area is 166 Å². The molecule has 1 aromatic rings.